The van der Waals surface area contributed by atoms with Crippen molar-refractivity contribution in [2.45, 2.75) is 39.3 Å². The van der Waals surface area contributed by atoms with Gasteiger partial charge in [0.25, 0.3) is 6.47 Å². The van der Waals surface area contributed by atoms with Crippen LogP contribution in [0.15, 0.2) is 24.3 Å². The van der Waals surface area contributed by atoms with Crippen LogP contribution in [0, 0.1) is 0 Å². The van der Waals surface area contributed by atoms with E-state index in [0.29, 0.717) is 26.2 Å². The molecule has 0 saturated carbocycles. The van der Waals surface area contributed by atoms with Crippen molar-refractivity contribution in [1.29, 1.82) is 0 Å². The van der Waals surface area contributed by atoms with Gasteiger partial charge < -0.3 is 15.2 Å². The van der Waals surface area contributed by atoms with E-state index < -0.39 is 0 Å². The van der Waals surface area contributed by atoms with Gasteiger partial charge in [-0.15, -0.1) is 0 Å². The highest BCUT2D eigenvalue weighted by Gasteiger charge is 2.11. The molecule has 0 unspecified atom stereocenters. The highest BCUT2D eigenvalue weighted by atomic mass is 16.5. The van der Waals surface area contributed by atoms with E-state index >= 15 is 0 Å². The number of carbonyl (C=O) groups is 2. The van der Waals surface area contributed by atoms with Crippen LogP contribution in [0.2, 0.25) is 0 Å². The van der Waals surface area contributed by atoms with Crippen molar-refractivity contribution in [2.24, 2.45) is 0 Å². The van der Waals surface area contributed by atoms with E-state index in [2.05, 4.69) is 34.5 Å². The van der Waals surface area contributed by atoms with E-state index in [1.54, 1.807) is 0 Å². The lowest BCUT2D eigenvalue weighted by Gasteiger charge is -2.14. The standard InChI is InChI=1S/C17H26N2O2.CH2O2/c1-2-21-12-9-17(20)18-13-15-5-7-16(8-6-15)14-19-10-3-4-11-19;2-1-3/h5-8H,2-4,9-14H2,1H3,(H,18,20);1H,(H,2,3). The van der Waals surface area contributed by atoms with Crippen LogP contribution in [0.5, 0.6) is 0 Å². The van der Waals surface area contributed by atoms with Gasteiger partial charge in [-0.05, 0) is 44.0 Å². The molecule has 0 spiro atoms. The van der Waals surface area contributed by atoms with Crippen molar-refractivity contribution in [3.8, 4) is 0 Å². The Hall–Kier alpha value is -1.92. The summed E-state index contributed by atoms with van der Waals surface area (Å²) in [4.78, 5) is 22.4. The lowest BCUT2D eigenvalue weighted by Crippen LogP contribution is -2.24. The van der Waals surface area contributed by atoms with Crippen LogP contribution in [0.3, 0.4) is 0 Å². The van der Waals surface area contributed by atoms with Crippen molar-refractivity contribution < 1.29 is 19.4 Å². The highest BCUT2D eigenvalue weighted by Crippen LogP contribution is 2.13. The first-order valence-corrected chi connectivity index (χ1v) is 8.42. The number of hydrogen-bond acceptors (Lipinski definition) is 4. The number of rotatable bonds is 8. The molecule has 1 aliphatic rings. The molecule has 1 aromatic carbocycles. The molecule has 1 saturated heterocycles. The van der Waals surface area contributed by atoms with Gasteiger partial charge in [-0.3, -0.25) is 14.5 Å². The molecule has 1 aliphatic heterocycles. The average molecular weight is 336 g/mol. The number of benzene rings is 1. The normalized spacial score (nSPS) is 13.9. The highest BCUT2D eigenvalue weighted by molar-refractivity contribution is 5.75. The van der Waals surface area contributed by atoms with Crippen molar-refractivity contribution >= 4 is 12.4 Å². The third kappa shape index (κ3) is 8.64. The summed E-state index contributed by atoms with van der Waals surface area (Å²) in [6, 6.07) is 8.54. The number of carboxylic acid groups (broad SMARTS) is 1. The Morgan fingerprint density at radius 1 is 1.25 bits per heavy atom. The van der Waals surface area contributed by atoms with Gasteiger partial charge in [-0.1, -0.05) is 24.3 Å². The molecular weight excluding hydrogens is 308 g/mol. The summed E-state index contributed by atoms with van der Waals surface area (Å²) in [7, 11) is 0. The molecule has 0 radical (unpaired) electrons. The summed E-state index contributed by atoms with van der Waals surface area (Å²) in [6.07, 6.45) is 3.08. The van der Waals surface area contributed by atoms with Gasteiger partial charge >= 0.3 is 0 Å². The fourth-order valence-electron chi connectivity index (χ4n) is 2.56. The lowest BCUT2D eigenvalue weighted by molar-refractivity contribution is -0.123. The summed E-state index contributed by atoms with van der Waals surface area (Å²) in [6.45, 7) is 6.91. The van der Waals surface area contributed by atoms with E-state index in [0.717, 1.165) is 12.1 Å². The van der Waals surface area contributed by atoms with Crippen LogP contribution in [-0.2, 0) is 27.4 Å². The lowest BCUT2D eigenvalue weighted by atomic mass is 10.1. The molecule has 1 amide bonds. The molecule has 24 heavy (non-hydrogen) atoms. The van der Waals surface area contributed by atoms with Gasteiger partial charge in [-0.25, -0.2) is 0 Å². The van der Waals surface area contributed by atoms with E-state index in [1.165, 1.54) is 31.5 Å². The summed E-state index contributed by atoms with van der Waals surface area (Å²) in [5.74, 6) is 0.0459. The van der Waals surface area contributed by atoms with Gasteiger partial charge in [0.05, 0.1) is 6.61 Å². The van der Waals surface area contributed by atoms with E-state index in [9.17, 15) is 4.79 Å². The third-order valence-corrected chi connectivity index (χ3v) is 3.80. The van der Waals surface area contributed by atoms with Crippen LogP contribution < -0.4 is 5.32 Å². The first kappa shape index (κ1) is 20.1. The van der Waals surface area contributed by atoms with E-state index in [-0.39, 0.29) is 12.4 Å². The first-order valence-electron chi connectivity index (χ1n) is 8.42. The topological polar surface area (TPSA) is 78.9 Å². The number of carbonyl (C=O) groups excluding carboxylic acids is 1. The fraction of sp³-hybridized carbons (Fsp3) is 0.556. The molecule has 0 bridgehead atoms. The Labute approximate surface area is 143 Å². The number of likely N-dealkylation sites (tertiary alicyclic amines) is 1. The van der Waals surface area contributed by atoms with Gasteiger partial charge in [0.15, 0.2) is 0 Å². The number of amides is 1. The molecule has 1 heterocycles. The van der Waals surface area contributed by atoms with Gasteiger partial charge in [0.2, 0.25) is 5.91 Å². The first-order chi connectivity index (χ1) is 11.7. The Kier molecular flexibility index (Phi) is 10.5. The van der Waals surface area contributed by atoms with Crippen LogP contribution in [0.1, 0.15) is 37.3 Å². The quantitative estimate of drug-likeness (QED) is 0.561. The van der Waals surface area contributed by atoms with Gasteiger partial charge in [0.1, 0.15) is 0 Å². The predicted molar refractivity (Wildman–Crippen MR) is 92.6 cm³/mol. The second-order valence-electron chi connectivity index (χ2n) is 5.63. The molecule has 6 nitrogen and oxygen atoms in total. The van der Waals surface area contributed by atoms with Crippen molar-refractivity contribution in [2.75, 3.05) is 26.3 Å². The molecule has 2 rings (SSSR count). The Balaban J connectivity index is 0.000000891. The number of hydrogen-bond donors (Lipinski definition) is 2. The summed E-state index contributed by atoms with van der Waals surface area (Å²) >= 11 is 0. The maximum absolute atomic E-state index is 11.6. The summed E-state index contributed by atoms with van der Waals surface area (Å²) < 4.78 is 5.17. The van der Waals surface area contributed by atoms with Gasteiger partial charge in [-0.2, -0.15) is 0 Å². The summed E-state index contributed by atoms with van der Waals surface area (Å²) in [5, 5.41) is 9.81. The third-order valence-electron chi connectivity index (χ3n) is 3.80. The molecule has 2 N–H and O–H groups in total. The Morgan fingerprint density at radius 3 is 2.42 bits per heavy atom. The zero-order valence-electron chi connectivity index (χ0n) is 14.4. The summed E-state index contributed by atoms with van der Waals surface area (Å²) in [5.41, 5.74) is 2.49. The SMILES string of the molecule is CCOCCC(=O)NCc1ccc(CN2CCCC2)cc1.O=CO. The zero-order valence-corrected chi connectivity index (χ0v) is 14.4. The minimum absolute atomic E-state index is 0.0459. The minimum atomic E-state index is -0.250. The van der Waals surface area contributed by atoms with Crippen molar-refractivity contribution in [3.63, 3.8) is 0 Å². The van der Waals surface area contributed by atoms with Crippen LogP contribution >= 0.6 is 0 Å². The molecule has 0 aliphatic carbocycles. The molecule has 1 fully saturated rings. The minimum Gasteiger partial charge on any atom is -0.483 e. The maximum Gasteiger partial charge on any atom is 0.290 e. The molecule has 1 aromatic rings. The molecule has 0 atom stereocenters. The van der Waals surface area contributed by atoms with Crippen molar-refractivity contribution in [1.82, 2.24) is 10.2 Å². The molecule has 6 heteroatoms. The maximum atomic E-state index is 11.6. The monoisotopic (exact) mass is 336 g/mol. The largest absolute Gasteiger partial charge is 0.483 e. The molecule has 0 aromatic heterocycles. The smallest absolute Gasteiger partial charge is 0.290 e. The predicted octanol–water partition coefficient (Wildman–Crippen LogP) is 2.03. The van der Waals surface area contributed by atoms with E-state index in [1.807, 2.05) is 6.92 Å². The average Bonchev–Trinajstić information content (AvgIpc) is 3.08. The van der Waals surface area contributed by atoms with Crippen LogP contribution in [0.4, 0.5) is 0 Å². The molecular formula is C18H28N2O4. The van der Waals surface area contributed by atoms with Gasteiger partial charge in [0, 0.05) is 26.1 Å². The second kappa shape index (κ2) is 12.5. The zero-order chi connectivity index (χ0) is 17.6. The van der Waals surface area contributed by atoms with Crippen LogP contribution in [-0.4, -0.2) is 48.7 Å². The van der Waals surface area contributed by atoms with Crippen LogP contribution in [0.25, 0.3) is 0 Å². The second-order valence-corrected chi connectivity index (χ2v) is 5.63. The Bertz CT molecular complexity index is 470. The van der Waals surface area contributed by atoms with E-state index in [4.69, 9.17) is 14.6 Å². The number of ether oxygens (including phenoxy) is 1. The van der Waals surface area contributed by atoms with Crippen molar-refractivity contribution in [3.05, 3.63) is 35.4 Å². The Morgan fingerprint density at radius 2 is 1.83 bits per heavy atom. The number of nitrogens with one attached hydrogen (secondary N) is 1. The fourth-order valence-corrected chi connectivity index (χ4v) is 2.56. The number of nitrogens with zero attached hydrogens (tertiary/aromatic N) is 1. The molecule has 134 valence electrons.